The molecule has 2 aromatic carbocycles. The summed E-state index contributed by atoms with van der Waals surface area (Å²) in [5, 5.41) is 0. The maximum atomic E-state index is 13.1. The lowest BCUT2D eigenvalue weighted by molar-refractivity contribution is 0.0698. The van der Waals surface area contributed by atoms with Crippen LogP contribution in [0.4, 0.5) is 0 Å². The molecule has 0 aliphatic carbocycles. The fourth-order valence-corrected chi connectivity index (χ4v) is 5.07. The molecule has 2 aromatic rings. The first-order valence-electron chi connectivity index (χ1n) is 10.5. The number of piperazine rings is 1. The number of ether oxygens (including phenoxy) is 2. The molecular formula is C23H30N2O5S. The molecule has 0 atom stereocenters. The number of hydrogen-bond donors (Lipinski definition) is 0. The largest absolute Gasteiger partial charge is 0.493 e. The Morgan fingerprint density at radius 1 is 0.935 bits per heavy atom. The minimum atomic E-state index is -3.69. The zero-order chi connectivity index (χ0) is 22.4. The highest BCUT2D eigenvalue weighted by atomic mass is 32.2. The van der Waals surface area contributed by atoms with Gasteiger partial charge in [0.1, 0.15) is 0 Å². The quantitative estimate of drug-likeness (QED) is 0.623. The van der Waals surface area contributed by atoms with Crippen LogP contribution in [0.25, 0.3) is 0 Å². The van der Waals surface area contributed by atoms with Gasteiger partial charge >= 0.3 is 0 Å². The Balaban J connectivity index is 1.65. The number of rotatable bonds is 8. The summed E-state index contributed by atoms with van der Waals surface area (Å²) in [7, 11) is -0.720. The van der Waals surface area contributed by atoms with Crippen molar-refractivity contribution in [2.45, 2.75) is 31.1 Å². The van der Waals surface area contributed by atoms with Gasteiger partial charge in [-0.15, -0.1) is 0 Å². The molecule has 1 heterocycles. The Bertz CT molecular complexity index is 997. The first kappa shape index (κ1) is 23.1. The predicted molar refractivity (Wildman–Crippen MR) is 119 cm³/mol. The molecule has 0 bridgehead atoms. The summed E-state index contributed by atoms with van der Waals surface area (Å²) in [5.41, 5.74) is 1.86. The summed E-state index contributed by atoms with van der Waals surface area (Å²) in [5.74, 6) is 0.766. The summed E-state index contributed by atoms with van der Waals surface area (Å²) in [6.45, 7) is 3.35. The molecule has 0 radical (unpaired) electrons. The zero-order valence-electron chi connectivity index (χ0n) is 18.3. The van der Waals surface area contributed by atoms with Gasteiger partial charge in [-0.1, -0.05) is 25.5 Å². The van der Waals surface area contributed by atoms with Gasteiger partial charge in [-0.05, 0) is 42.7 Å². The van der Waals surface area contributed by atoms with Crippen LogP contribution in [0.3, 0.4) is 0 Å². The number of benzene rings is 2. The van der Waals surface area contributed by atoms with E-state index in [2.05, 4.69) is 6.92 Å². The molecular weight excluding hydrogens is 416 g/mol. The van der Waals surface area contributed by atoms with Crippen molar-refractivity contribution in [2.24, 2.45) is 0 Å². The minimum Gasteiger partial charge on any atom is -0.493 e. The Kier molecular flexibility index (Phi) is 7.56. The molecule has 1 amide bonds. The van der Waals surface area contributed by atoms with Crippen molar-refractivity contribution < 1.29 is 22.7 Å². The predicted octanol–water partition coefficient (Wildman–Crippen LogP) is 3.19. The lowest BCUT2D eigenvalue weighted by atomic mass is 10.1. The van der Waals surface area contributed by atoms with Gasteiger partial charge in [0.05, 0.1) is 19.1 Å². The summed E-state index contributed by atoms with van der Waals surface area (Å²) in [4.78, 5) is 14.7. The van der Waals surface area contributed by atoms with E-state index in [0.29, 0.717) is 30.2 Å². The van der Waals surface area contributed by atoms with Crippen molar-refractivity contribution in [2.75, 3.05) is 40.4 Å². The van der Waals surface area contributed by atoms with Crippen LogP contribution in [0.1, 0.15) is 35.7 Å². The molecule has 8 heteroatoms. The van der Waals surface area contributed by atoms with Crippen molar-refractivity contribution in [3.63, 3.8) is 0 Å². The van der Waals surface area contributed by atoms with Crippen molar-refractivity contribution >= 4 is 15.9 Å². The number of hydrogen-bond acceptors (Lipinski definition) is 5. The van der Waals surface area contributed by atoms with Crippen LogP contribution >= 0.6 is 0 Å². The highest BCUT2D eigenvalue weighted by molar-refractivity contribution is 7.89. The van der Waals surface area contributed by atoms with Crippen LogP contribution in [-0.2, 0) is 16.4 Å². The van der Waals surface area contributed by atoms with E-state index in [1.165, 1.54) is 36.2 Å². The van der Waals surface area contributed by atoms with Crippen LogP contribution in [0, 0.1) is 0 Å². The van der Waals surface area contributed by atoms with E-state index in [9.17, 15) is 13.2 Å². The summed E-state index contributed by atoms with van der Waals surface area (Å²) < 4.78 is 37.9. The van der Waals surface area contributed by atoms with E-state index in [-0.39, 0.29) is 23.9 Å². The third-order valence-corrected chi connectivity index (χ3v) is 7.43. The molecule has 0 aromatic heterocycles. The molecule has 7 nitrogen and oxygen atoms in total. The van der Waals surface area contributed by atoms with Crippen molar-refractivity contribution in [1.82, 2.24) is 9.21 Å². The van der Waals surface area contributed by atoms with E-state index >= 15 is 0 Å². The number of aryl methyl sites for hydroxylation is 1. The van der Waals surface area contributed by atoms with Gasteiger partial charge in [0, 0.05) is 37.8 Å². The summed E-state index contributed by atoms with van der Waals surface area (Å²) in [6.07, 6.45) is 3.28. The third-order valence-electron chi connectivity index (χ3n) is 5.54. The van der Waals surface area contributed by atoms with Gasteiger partial charge in [-0.2, -0.15) is 4.31 Å². The molecule has 0 spiro atoms. The van der Waals surface area contributed by atoms with Crippen LogP contribution in [-0.4, -0.2) is 63.9 Å². The molecule has 1 aliphatic heterocycles. The first-order valence-corrected chi connectivity index (χ1v) is 11.9. The second kappa shape index (κ2) is 10.2. The third kappa shape index (κ3) is 5.19. The molecule has 0 N–H and O–H groups in total. The molecule has 0 saturated carbocycles. The Morgan fingerprint density at radius 3 is 2.16 bits per heavy atom. The number of carbonyl (C=O) groups is 1. The normalized spacial score (nSPS) is 15.0. The maximum Gasteiger partial charge on any atom is 0.253 e. The second-order valence-electron chi connectivity index (χ2n) is 7.51. The standard InChI is InChI=1S/C23H30N2O5S/c1-4-5-6-18-7-9-19(10-8-18)23(26)24-13-15-25(16-14-24)31(27,28)20-11-12-21(29-2)22(17-20)30-3/h7-12,17H,4-6,13-16H2,1-3H3. The van der Waals surface area contributed by atoms with Crippen LogP contribution in [0.15, 0.2) is 47.4 Å². The summed E-state index contributed by atoms with van der Waals surface area (Å²) >= 11 is 0. The maximum absolute atomic E-state index is 13.1. The SMILES string of the molecule is CCCCc1ccc(C(=O)N2CCN(S(=O)(=O)c3ccc(OC)c(OC)c3)CC2)cc1. The molecule has 1 aliphatic rings. The molecule has 31 heavy (non-hydrogen) atoms. The van der Waals surface area contributed by atoms with E-state index in [1.54, 1.807) is 11.0 Å². The Hall–Kier alpha value is -2.58. The van der Waals surface area contributed by atoms with E-state index in [1.807, 2.05) is 24.3 Å². The Morgan fingerprint density at radius 2 is 1.58 bits per heavy atom. The topological polar surface area (TPSA) is 76.2 Å². The Labute approximate surface area is 184 Å². The van der Waals surface area contributed by atoms with E-state index in [0.717, 1.165) is 19.3 Å². The molecule has 1 fully saturated rings. The number of nitrogens with zero attached hydrogens (tertiary/aromatic N) is 2. The monoisotopic (exact) mass is 446 g/mol. The highest BCUT2D eigenvalue weighted by Crippen LogP contribution is 2.31. The van der Waals surface area contributed by atoms with Crippen LogP contribution in [0.2, 0.25) is 0 Å². The molecule has 0 unspecified atom stereocenters. The lowest BCUT2D eigenvalue weighted by Gasteiger charge is -2.34. The van der Waals surface area contributed by atoms with E-state index in [4.69, 9.17) is 9.47 Å². The number of unbranched alkanes of at least 4 members (excludes halogenated alkanes) is 1. The fraction of sp³-hybridized carbons (Fsp3) is 0.435. The van der Waals surface area contributed by atoms with Gasteiger partial charge in [0.15, 0.2) is 11.5 Å². The number of methoxy groups -OCH3 is 2. The number of carbonyl (C=O) groups excluding carboxylic acids is 1. The zero-order valence-corrected chi connectivity index (χ0v) is 19.2. The second-order valence-corrected chi connectivity index (χ2v) is 9.45. The fourth-order valence-electron chi connectivity index (χ4n) is 3.64. The lowest BCUT2D eigenvalue weighted by Crippen LogP contribution is -2.50. The highest BCUT2D eigenvalue weighted by Gasteiger charge is 2.31. The van der Waals surface area contributed by atoms with Crippen LogP contribution in [0.5, 0.6) is 11.5 Å². The van der Waals surface area contributed by atoms with Gasteiger partial charge in [0.25, 0.3) is 5.91 Å². The van der Waals surface area contributed by atoms with Gasteiger partial charge in [-0.25, -0.2) is 8.42 Å². The minimum absolute atomic E-state index is 0.0646. The van der Waals surface area contributed by atoms with Gasteiger partial charge in [0.2, 0.25) is 10.0 Å². The average Bonchev–Trinajstić information content (AvgIpc) is 2.82. The molecule has 3 rings (SSSR count). The van der Waals surface area contributed by atoms with E-state index < -0.39 is 10.0 Å². The number of amides is 1. The van der Waals surface area contributed by atoms with Crippen LogP contribution < -0.4 is 9.47 Å². The average molecular weight is 447 g/mol. The first-order chi connectivity index (χ1) is 14.9. The van der Waals surface area contributed by atoms with Crippen molar-refractivity contribution in [3.8, 4) is 11.5 Å². The van der Waals surface area contributed by atoms with Crippen molar-refractivity contribution in [1.29, 1.82) is 0 Å². The molecule has 1 saturated heterocycles. The van der Waals surface area contributed by atoms with Crippen molar-refractivity contribution in [3.05, 3.63) is 53.6 Å². The number of sulfonamides is 1. The summed E-state index contributed by atoms with van der Waals surface area (Å²) in [6, 6.07) is 12.3. The van der Waals surface area contributed by atoms with Gasteiger partial charge < -0.3 is 14.4 Å². The van der Waals surface area contributed by atoms with Gasteiger partial charge in [-0.3, -0.25) is 4.79 Å². The molecule has 168 valence electrons. The smallest absolute Gasteiger partial charge is 0.253 e.